The normalized spacial score (nSPS) is 41.9. The van der Waals surface area contributed by atoms with Crippen LogP contribution in [0.25, 0.3) is 0 Å². The molecule has 3 saturated carbocycles. The van der Waals surface area contributed by atoms with Gasteiger partial charge in [0.25, 0.3) is 0 Å². The molecule has 4 nitrogen and oxygen atoms in total. The molecule has 0 aromatic carbocycles. The first-order valence-electron chi connectivity index (χ1n) is 14.3. The van der Waals surface area contributed by atoms with Crippen LogP contribution >= 0.6 is 7.82 Å². The molecule has 5 heteroatoms. The third kappa shape index (κ3) is 5.00. The first kappa shape index (κ1) is 26.9. The van der Waals surface area contributed by atoms with Gasteiger partial charge in [0.15, 0.2) is 0 Å². The molecule has 4 aliphatic carbocycles. The van der Waals surface area contributed by atoms with Gasteiger partial charge in [0, 0.05) is 0 Å². The number of allylic oxidation sites excluding steroid dienone is 1. The third-order valence-electron chi connectivity index (χ3n) is 11.6. The van der Waals surface area contributed by atoms with E-state index in [1.165, 1.54) is 50.5 Å². The topological polar surface area (TPSA) is 66.8 Å². The smallest absolute Gasteiger partial charge is 0.303 e. The molecular weight excluding hydrogens is 443 g/mol. The Morgan fingerprint density at radius 3 is 2.44 bits per heavy atom. The first-order chi connectivity index (χ1) is 15.9. The van der Waals surface area contributed by atoms with Gasteiger partial charge in [0.1, 0.15) is 0 Å². The molecule has 0 saturated heterocycles. The van der Waals surface area contributed by atoms with Crippen LogP contribution in [0.2, 0.25) is 0 Å². The lowest BCUT2D eigenvalue weighted by atomic mass is 9.47. The maximum absolute atomic E-state index is 11.4. The molecule has 0 aromatic rings. The van der Waals surface area contributed by atoms with Gasteiger partial charge in [-0.3, -0.25) is 4.52 Å². The summed E-state index contributed by atoms with van der Waals surface area (Å²) in [5.74, 6) is 5.70. The number of phosphoric ester groups is 1. The van der Waals surface area contributed by atoms with Gasteiger partial charge >= 0.3 is 7.82 Å². The summed E-state index contributed by atoms with van der Waals surface area (Å²) in [5.41, 5.74) is 2.10. The van der Waals surface area contributed by atoms with E-state index in [0.29, 0.717) is 11.8 Å². The van der Waals surface area contributed by atoms with Crippen LogP contribution in [0.1, 0.15) is 112 Å². The van der Waals surface area contributed by atoms with Gasteiger partial charge in [-0.1, -0.05) is 66.0 Å². The van der Waals surface area contributed by atoms with Crippen molar-refractivity contribution < 1.29 is 18.9 Å². The standard InChI is InChI=1S/C29H51O4P/c1-7-21(19(2)3)9-8-20(4)25-12-13-26-24-11-10-22-18-23(33-34(30,31)32)14-16-28(22,5)27(24)15-17-29(25,26)6/h10,19-21,23-27H,7-9,11-18H2,1-6H3,(H2,30,31,32)/t20-,21-,23+,24+,25-,26+,27+,28+,29-/m1/s1. The predicted molar refractivity (Wildman–Crippen MR) is 139 cm³/mol. The second-order valence-corrected chi connectivity index (χ2v) is 14.6. The molecule has 0 radical (unpaired) electrons. The van der Waals surface area contributed by atoms with Crippen molar-refractivity contribution in [2.75, 3.05) is 0 Å². The quantitative estimate of drug-likeness (QED) is 0.264. The van der Waals surface area contributed by atoms with Gasteiger partial charge in [0.05, 0.1) is 6.10 Å². The van der Waals surface area contributed by atoms with Crippen LogP contribution in [0.15, 0.2) is 11.6 Å². The fourth-order valence-electron chi connectivity index (χ4n) is 9.57. The number of hydrogen-bond acceptors (Lipinski definition) is 2. The summed E-state index contributed by atoms with van der Waals surface area (Å²) >= 11 is 0. The van der Waals surface area contributed by atoms with Gasteiger partial charge < -0.3 is 9.79 Å². The van der Waals surface area contributed by atoms with E-state index in [0.717, 1.165) is 60.7 Å². The molecule has 0 heterocycles. The Labute approximate surface area is 208 Å². The molecule has 34 heavy (non-hydrogen) atoms. The Morgan fingerprint density at radius 2 is 1.79 bits per heavy atom. The molecule has 2 N–H and O–H groups in total. The Morgan fingerprint density at radius 1 is 1.06 bits per heavy atom. The molecule has 4 rings (SSSR count). The van der Waals surface area contributed by atoms with Crippen molar-refractivity contribution in [3.63, 3.8) is 0 Å². The molecular formula is C29H51O4P. The van der Waals surface area contributed by atoms with Crippen molar-refractivity contribution in [2.24, 2.45) is 52.3 Å². The first-order valence-corrected chi connectivity index (χ1v) is 15.9. The van der Waals surface area contributed by atoms with Gasteiger partial charge in [-0.05, 0) is 110 Å². The Hall–Kier alpha value is -0.150. The molecule has 0 aromatic heterocycles. The number of fused-ring (bicyclic) bond motifs is 5. The average Bonchev–Trinajstić information content (AvgIpc) is 3.10. The number of rotatable bonds is 8. The highest BCUT2D eigenvalue weighted by Gasteiger charge is 2.59. The highest BCUT2D eigenvalue weighted by molar-refractivity contribution is 7.46. The van der Waals surface area contributed by atoms with E-state index in [4.69, 9.17) is 4.52 Å². The monoisotopic (exact) mass is 494 g/mol. The SMILES string of the molecule is CC[C@H](CC[C@@H](C)[C@H]1CC[C@H]2[C@@H]3CC=C4C[C@@H](OP(=O)(O)O)CC[C@]4(C)[C@H]3CC[C@]12C)C(C)C. The van der Waals surface area contributed by atoms with Crippen molar-refractivity contribution in [1.82, 2.24) is 0 Å². The Balaban J connectivity index is 1.45. The average molecular weight is 495 g/mol. The zero-order valence-electron chi connectivity index (χ0n) is 22.6. The Kier molecular flexibility index (Phi) is 7.88. The molecule has 0 aliphatic heterocycles. The molecule has 0 bridgehead atoms. The minimum Gasteiger partial charge on any atom is -0.303 e. The summed E-state index contributed by atoms with van der Waals surface area (Å²) in [6.45, 7) is 14.8. The van der Waals surface area contributed by atoms with Crippen LogP contribution in [0.3, 0.4) is 0 Å². The summed E-state index contributed by atoms with van der Waals surface area (Å²) in [4.78, 5) is 18.6. The molecule has 0 amide bonds. The Bertz CT molecular complexity index is 802. The highest BCUT2D eigenvalue weighted by atomic mass is 31.2. The van der Waals surface area contributed by atoms with Crippen LogP contribution in [0, 0.1) is 52.3 Å². The van der Waals surface area contributed by atoms with E-state index in [1.54, 1.807) is 0 Å². The van der Waals surface area contributed by atoms with Crippen LogP contribution in [-0.2, 0) is 9.09 Å². The van der Waals surface area contributed by atoms with E-state index in [2.05, 4.69) is 47.6 Å². The molecule has 196 valence electrons. The minimum atomic E-state index is -4.42. The molecule has 3 fully saturated rings. The molecule has 0 spiro atoms. The van der Waals surface area contributed by atoms with Crippen molar-refractivity contribution in [3.05, 3.63) is 11.6 Å². The maximum Gasteiger partial charge on any atom is 0.469 e. The lowest BCUT2D eigenvalue weighted by Crippen LogP contribution is -2.51. The summed E-state index contributed by atoms with van der Waals surface area (Å²) in [5, 5.41) is 0. The second-order valence-electron chi connectivity index (χ2n) is 13.4. The third-order valence-corrected chi connectivity index (χ3v) is 12.1. The van der Waals surface area contributed by atoms with Crippen molar-refractivity contribution in [2.45, 2.75) is 118 Å². The molecule has 0 unspecified atom stereocenters. The largest absolute Gasteiger partial charge is 0.469 e. The molecule has 4 aliphatic rings. The highest BCUT2D eigenvalue weighted by Crippen LogP contribution is 2.67. The van der Waals surface area contributed by atoms with Gasteiger partial charge in [0.2, 0.25) is 0 Å². The van der Waals surface area contributed by atoms with Crippen LogP contribution < -0.4 is 0 Å². The van der Waals surface area contributed by atoms with Crippen LogP contribution in [0.5, 0.6) is 0 Å². The lowest BCUT2D eigenvalue weighted by Gasteiger charge is -2.58. The zero-order chi connectivity index (χ0) is 24.9. The summed E-state index contributed by atoms with van der Waals surface area (Å²) < 4.78 is 16.5. The predicted octanol–water partition coefficient (Wildman–Crippen LogP) is 8.14. The van der Waals surface area contributed by atoms with Crippen LogP contribution in [0.4, 0.5) is 0 Å². The van der Waals surface area contributed by atoms with Crippen molar-refractivity contribution >= 4 is 7.82 Å². The van der Waals surface area contributed by atoms with Gasteiger partial charge in [-0.2, -0.15) is 0 Å². The summed E-state index contributed by atoms with van der Waals surface area (Å²) in [7, 11) is -4.42. The fraction of sp³-hybridized carbons (Fsp3) is 0.931. The van der Waals surface area contributed by atoms with E-state index in [1.807, 2.05) is 0 Å². The molecule has 9 atom stereocenters. The van der Waals surface area contributed by atoms with E-state index in [-0.39, 0.29) is 11.5 Å². The van der Waals surface area contributed by atoms with Crippen LogP contribution in [-0.4, -0.2) is 15.9 Å². The van der Waals surface area contributed by atoms with E-state index >= 15 is 0 Å². The second kappa shape index (κ2) is 9.96. The number of phosphoric acid groups is 1. The van der Waals surface area contributed by atoms with Crippen molar-refractivity contribution in [3.8, 4) is 0 Å². The van der Waals surface area contributed by atoms with Gasteiger partial charge in [-0.25, -0.2) is 4.57 Å². The fourth-order valence-corrected chi connectivity index (χ4v) is 10.1. The van der Waals surface area contributed by atoms with E-state index < -0.39 is 7.82 Å². The van der Waals surface area contributed by atoms with Gasteiger partial charge in [-0.15, -0.1) is 0 Å². The van der Waals surface area contributed by atoms with Crippen molar-refractivity contribution in [1.29, 1.82) is 0 Å². The summed E-state index contributed by atoms with van der Waals surface area (Å²) in [6.07, 6.45) is 15.3. The lowest BCUT2D eigenvalue weighted by molar-refractivity contribution is -0.0572. The maximum atomic E-state index is 11.4. The zero-order valence-corrected chi connectivity index (χ0v) is 23.5. The minimum absolute atomic E-state index is 0.189. The van der Waals surface area contributed by atoms with E-state index in [9.17, 15) is 14.4 Å². The summed E-state index contributed by atoms with van der Waals surface area (Å²) in [6, 6.07) is 0. The number of hydrogen-bond donors (Lipinski definition) is 2.